The quantitative estimate of drug-likeness (QED) is 0.796. The number of rotatable bonds is 3. The van der Waals surface area contributed by atoms with E-state index >= 15 is 0 Å². The lowest BCUT2D eigenvalue weighted by Gasteiger charge is -2.14. The molecule has 0 spiro atoms. The Morgan fingerprint density at radius 1 is 1.25 bits per heavy atom. The Bertz CT molecular complexity index is 588. The number of anilines is 1. The Morgan fingerprint density at radius 3 is 2.50 bits per heavy atom. The van der Waals surface area contributed by atoms with Crippen molar-refractivity contribution in [3.8, 4) is 0 Å². The molecule has 108 valence electrons. The fourth-order valence-electron chi connectivity index (χ4n) is 2.05. The largest absolute Gasteiger partial charge is 0.379 e. The summed E-state index contributed by atoms with van der Waals surface area (Å²) in [5.41, 5.74) is 3.83. The number of hydrogen-bond donors (Lipinski definition) is 1. The summed E-state index contributed by atoms with van der Waals surface area (Å²) < 4.78 is 1.12. The molecule has 0 bridgehead atoms. The fourth-order valence-corrected chi connectivity index (χ4v) is 3.77. The van der Waals surface area contributed by atoms with Gasteiger partial charge in [0.1, 0.15) is 0 Å². The fraction of sp³-hybridized carbons (Fsp3) is 0.438. The first-order chi connectivity index (χ1) is 9.27. The number of hydrogen-bond acceptors (Lipinski definition) is 3. The van der Waals surface area contributed by atoms with Gasteiger partial charge < -0.3 is 5.32 Å². The molecule has 2 nitrogen and oxygen atoms in total. The van der Waals surface area contributed by atoms with Gasteiger partial charge in [0, 0.05) is 21.0 Å². The summed E-state index contributed by atoms with van der Waals surface area (Å²) in [5.74, 6) is 0. The van der Waals surface area contributed by atoms with E-state index in [4.69, 9.17) is 0 Å². The van der Waals surface area contributed by atoms with Gasteiger partial charge in [0.2, 0.25) is 0 Å². The van der Waals surface area contributed by atoms with E-state index in [0.717, 1.165) is 11.0 Å². The Hall–Kier alpha value is -0.870. The number of aromatic nitrogens is 1. The minimum absolute atomic E-state index is 0.128. The van der Waals surface area contributed by atoms with E-state index in [2.05, 4.69) is 73.0 Å². The van der Waals surface area contributed by atoms with Crippen LogP contribution in [0, 0.1) is 13.8 Å². The molecular formula is C16H21BrN2S. The lowest BCUT2D eigenvalue weighted by molar-refractivity contribution is 0.585. The number of halogens is 1. The van der Waals surface area contributed by atoms with Gasteiger partial charge in [0.05, 0.1) is 17.2 Å². The van der Waals surface area contributed by atoms with E-state index < -0.39 is 0 Å². The second-order valence-corrected chi connectivity index (χ2v) is 8.14. The average molecular weight is 353 g/mol. The topological polar surface area (TPSA) is 24.9 Å². The van der Waals surface area contributed by atoms with Crippen molar-refractivity contribution in [1.29, 1.82) is 0 Å². The molecule has 20 heavy (non-hydrogen) atoms. The summed E-state index contributed by atoms with van der Waals surface area (Å²) in [6.45, 7) is 11.7. The van der Waals surface area contributed by atoms with Crippen molar-refractivity contribution in [1.82, 2.24) is 4.98 Å². The summed E-state index contributed by atoms with van der Waals surface area (Å²) in [6, 6.07) is 4.34. The molecule has 0 aliphatic rings. The molecule has 0 fully saturated rings. The molecule has 0 aliphatic heterocycles. The monoisotopic (exact) mass is 352 g/mol. The number of nitrogens with one attached hydrogen (secondary N) is 1. The van der Waals surface area contributed by atoms with E-state index in [-0.39, 0.29) is 5.41 Å². The molecule has 0 saturated heterocycles. The predicted molar refractivity (Wildman–Crippen MR) is 91.8 cm³/mol. The molecular weight excluding hydrogens is 332 g/mol. The summed E-state index contributed by atoms with van der Waals surface area (Å²) in [5, 5.41) is 4.70. The van der Waals surface area contributed by atoms with Crippen LogP contribution in [0.25, 0.3) is 0 Å². The maximum absolute atomic E-state index is 4.53. The summed E-state index contributed by atoms with van der Waals surface area (Å²) >= 11 is 5.42. The van der Waals surface area contributed by atoms with Gasteiger partial charge in [-0.1, -0.05) is 26.8 Å². The number of aryl methyl sites for hydroxylation is 2. The molecule has 0 unspecified atom stereocenters. The van der Waals surface area contributed by atoms with E-state index in [1.54, 1.807) is 11.3 Å². The van der Waals surface area contributed by atoms with Crippen LogP contribution in [-0.2, 0) is 12.0 Å². The lowest BCUT2D eigenvalue weighted by atomic mass is 9.98. The van der Waals surface area contributed by atoms with E-state index in [1.807, 2.05) is 6.20 Å². The Kier molecular flexibility index (Phi) is 4.55. The highest BCUT2D eigenvalue weighted by molar-refractivity contribution is 9.10. The van der Waals surface area contributed by atoms with Crippen molar-refractivity contribution in [2.45, 2.75) is 46.6 Å². The summed E-state index contributed by atoms with van der Waals surface area (Å²) in [6.07, 6.45) is 1.98. The summed E-state index contributed by atoms with van der Waals surface area (Å²) in [4.78, 5) is 5.79. The predicted octanol–water partition coefficient (Wildman–Crippen LogP) is 5.43. The zero-order valence-corrected chi connectivity index (χ0v) is 15.1. The maximum atomic E-state index is 4.53. The van der Waals surface area contributed by atoms with E-state index in [1.165, 1.54) is 26.7 Å². The normalized spacial score (nSPS) is 11.7. The van der Waals surface area contributed by atoms with E-state index in [0.29, 0.717) is 0 Å². The highest BCUT2D eigenvalue weighted by atomic mass is 79.9. The van der Waals surface area contributed by atoms with Gasteiger partial charge >= 0.3 is 0 Å². The van der Waals surface area contributed by atoms with Gasteiger partial charge in [0.25, 0.3) is 0 Å². The first-order valence-electron chi connectivity index (χ1n) is 6.73. The van der Waals surface area contributed by atoms with Crippen LogP contribution < -0.4 is 5.32 Å². The Labute approximate surface area is 133 Å². The average Bonchev–Trinajstić information content (AvgIpc) is 2.75. The maximum Gasteiger partial charge on any atom is 0.0981 e. The lowest BCUT2D eigenvalue weighted by Crippen LogP contribution is -2.09. The zero-order valence-electron chi connectivity index (χ0n) is 12.7. The molecule has 0 atom stereocenters. The molecule has 0 amide bonds. The Morgan fingerprint density at radius 2 is 1.95 bits per heavy atom. The van der Waals surface area contributed by atoms with Crippen molar-refractivity contribution in [3.05, 3.63) is 43.8 Å². The van der Waals surface area contributed by atoms with Crippen LogP contribution in [0.5, 0.6) is 0 Å². The molecule has 1 heterocycles. The SMILES string of the molecule is Cc1cc(C)c(NCc2cnc(C(C)(C)C)s2)c(Br)c1. The second-order valence-electron chi connectivity index (χ2n) is 6.17. The molecule has 0 radical (unpaired) electrons. The Balaban J connectivity index is 2.12. The molecule has 2 aromatic rings. The third kappa shape index (κ3) is 3.61. The first kappa shape index (κ1) is 15.5. The molecule has 2 rings (SSSR count). The number of nitrogens with zero attached hydrogens (tertiary/aromatic N) is 1. The van der Waals surface area contributed by atoms with Crippen molar-refractivity contribution >= 4 is 33.0 Å². The van der Waals surface area contributed by atoms with Gasteiger partial charge in [-0.25, -0.2) is 4.98 Å². The first-order valence-corrected chi connectivity index (χ1v) is 8.34. The van der Waals surface area contributed by atoms with Crippen LogP contribution in [0.15, 0.2) is 22.8 Å². The van der Waals surface area contributed by atoms with Gasteiger partial charge in [-0.3, -0.25) is 0 Å². The number of thiazole rings is 1. The van der Waals surface area contributed by atoms with Gasteiger partial charge in [-0.2, -0.15) is 0 Å². The van der Waals surface area contributed by atoms with Crippen molar-refractivity contribution in [2.24, 2.45) is 0 Å². The van der Waals surface area contributed by atoms with Gasteiger partial charge in [-0.15, -0.1) is 11.3 Å². The van der Waals surface area contributed by atoms with Crippen molar-refractivity contribution in [3.63, 3.8) is 0 Å². The van der Waals surface area contributed by atoms with E-state index in [9.17, 15) is 0 Å². The van der Waals surface area contributed by atoms with Crippen LogP contribution in [0.4, 0.5) is 5.69 Å². The smallest absolute Gasteiger partial charge is 0.0981 e. The molecule has 1 aromatic carbocycles. The third-order valence-electron chi connectivity index (χ3n) is 3.07. The standard InChI is InChI=1S/C16H21BrN2S/c1-10-6-11(2)14(13(17)7-10)18-8-12-9-19-15(20-12)16(3,4)5/h6-7,9,18H,8H2,1-5H3. The minimum Gasteiger partial charge on any atom is -0.379 e. The molecule has 4 heteroatoms. The molecule has 0 aliphatic carbocycles. The summed E-state index contributed by atoms with van der Waals surface area (Å²) in [7, 11) is 0. The van der Waals surface area contributed by atoms with Gasteiger partial charge in [0.15, 0.2) is 0 Å². The van der Waals surface area contributed by atoms with Gasteiger partial charge in [-0.05, 0) is 47.0 Å². The van der Waals surface area contributed by atoms with Crippen LogP contribution in [0.1, 0.15) is 41.8 Å². The molecule has 1 aromatic heterocycles. The van der Waals surface area contributed by atoms with Crippen molar-refractivity contribution in [2.75, 3.05) is 5.32 Å². The number of benzene rings is 1. The minimum atomic E-state index is 0.128. The molecule has 1 N–H and O–H groups in total. The molecule has 0 saturated carbocycles. The second kappa shape index (κ2) is 5.86. The zero-order chi connectivity index (χ0) is 14.9. The third-order valence-corrected chi connectivity index (χ3v) is 5.11. The van der Waals surface area contributed by atoms with Crippen molar-refractivity contribution < 1.29 is 0 Å². The van der Waals surface area contributed by atoms with Crippen LogP contribution in [0.2, 0.25) is 0 Å². The highest BCUT2D eigenvalue weighted by Gasteiger charge is 2.18. The highest BCUT2D eigenvalue weighted by Crippen LogP contribution is 2.30. The van der Waals surface area contributed by atoms with Crippen LogP contribution in [-0.4, -0.2) is 4.98 Å². The van der Waals surface area contributed by atoms with Crippen LogP contribution in [0.3, 0.4) is 0 Å². The van der Waals surface area contributed by atoms with Crippen LogP contribution >= 0.6 is 27.3 Å².